The summed E-state index contributed by atoms with van der Waals surface area (Å²) in [6, 6.07) is 15.7. The zero-order valence-corrected chi connectivity index (χ0v) is 17.4. The fraction of sp³-hybridized carbons (Fsp3) is 0.435. The van der Waals surface area contributed by atoms with E-state index in [4.69, 9.17) is 14.2 Å². The summed E-state index contributed by atoms with van der Waals surface area (Å²) in [5.74, 6) is 1.50. The van der Waals surface area contributed by atoms with Gasteiger partial charge >= 0.3 is 0 Å². The summed E-state index contributed by atoms with van der Waals surface area (Å²) in [6.45, 7) is 7.53. The maximum atomic E-state index is 12.6. The van der Waals surface area contributed by atoms with Gasteiger partial charge in [0.1, 0.15) is 12.7 Å². The predicted molar refractivity (Wildman–Crippen MR) is 117 cm³/mol. The van der Waals surface area contributed by atoms with Crippen molar-refractivity contribution in [1.82, 2.24) is 4.90 Å². The Balaban J connectivity index is 1.27. The molecule has 2 aromatic carbocycles. The monoisotopic (exact) mass is 411 g/mol. The van der Waals surface area contributed by atoms with Crippen molar-refractivity contribution in [2.75, 3.05) is 62.8 Å². The van der Waals surface area contributed by atoms with Gasteiger partial charge in [-0.05, 0) is 42.9 Å². The third kappa shape index (κ3) is 5.23. The molecule has 1 N–H and O–H groups in total. The van der Waals surface area contributed by atoms with Crippen molar-refractivity contribution in [3.8, 4) is 11.5 Å². The van der Waals surface area contributed by atoms with Crippen LogP contribution >= 0.6 is 0 Å². The van der Waals surface area contributed by atoms with Crippen molar-refractivity contribution in [2.45, 2.75) is 13.0 Å². The van der Waals surface area contributed by atoms with E-state index in [-0.39, 0.29) is 12.0 Å². The number of hydrogen-bond donors (Lipinski definition) is 1. The van der Waals surface area contributed by atoms with Crippen LogP contribution in [0.2, 0.25) is 0 Å². The first-order valence-electron chi connectivity index (χ1n) is 10.5. The van der Waals surface area contributed by atoms with E-state index in [9.17, 15) is 4.79 Å². The Morgan fingerprint density at radius 2 is 1.83 bits per heavy atom. The van der Waals surface area contributed by atoms with Gasteiger partial charge in [-0.2, -0.15) is 0 Å². The van der Waals surface area contributed by atoms with Crippen LogP contribution in [0.1, 0.15) is 6.92 Å². The van der Waals surface area contributed by atoms with E-state index in [0.717, 1.165) is 55.7 Å². The number of nitrogens with one attached hydrogen (secondary N) is 1. The van der Waals surface area contributed by atoms with Crippen LogP contribution in [-0.4, -0.2) is 69.5 Å². The van der Waals surface area contributed by atoms with Crippen molar-refractivity contribution in [2.24, 2.45) is 0 Å². The van der Waals surface area contributed by atoms with Gasteiger partial charge in [0, 0.05) is 31.0 Å². The Morgan fingerprint density at radius 3 is 2.57 bits per heavy atom. The molecule has 2 heterocycles. The second-order valence-electron chi connectivity index (χ2n) is 7.52. The molecule has 0 aromatic heterocycles. The highest BCUT2D eigenvalue weighted by atomic mass is 16.6. The van der Waals surface area contributed by atoms with Crippen LogP contribution in [0.3, 0.4) is 0 Å². The van der Waals surface area contributed by atoms with Gasteiger partial charge in [-0.25, -0.2) is 0 Å². The molecule has 7 heteroatoms. The quantitative estimate of drug-likeness (QED) is 0.756. The normalized spacial score (nSPS) is 18.3. The van der Waals surface area contributed by atoms with E-state index >= 15 is 0 Å². The second kappa shape index (κ2) is 9.82. The first-order chi connectivity index (χ1) is 14.7. The molecule has 30 heavy (non-hydrogen) atoms. The largest absolute Gasteiger partial charge is 0.486 e. The van der Waals surface area contributed by atoms with E-state index in [1.54, 1.807) is 0 Å². The highest BCUT2D eigenvalue weighted by Crippen LogP contribution is 2.31. The molecule has 1 saturated heterocycles. The summed E-state index contributed by atoms with van der Waals surface area (Å²) in [4.78, 5) is 16.9. The molecule has 1 atom stereocenters. The molecule has 0 spiro atoms. The van der Waals surface area contributed by atoms with Crippen LogP contribution in [0.5, 0.6) is 11.5 Å². The average molecular weight is 412 g/mol. The Hall–Kier alpha value is -2.77. The maximum absolute atomic E-state index is 12.6. The van der Waals surface area contributed by atoms with E-state index in [1.807, 2.05) is 55.5 Å². The van der Waals surface area contributed by atoms with Crippen LogP contribution in [-0.2, 0) is 9.53 Å². The molecule has 2 aliphatic rings. The zero-order chi connectivity index (χ0) is 20.8. The average Bonchev–Trinajstić information content (AvgIpc) is 2.79. The smallest absolute Gasteiger partial charge is 0.238 e. The molecule has 1 unspecified atom stereocenters. The number of morpholine rings is 1. The Labute approximate surface area is 177 Å². The fourth-order valence-electron chi connectivity index (χ4n) is 3.73. The van der Waals surface area contributed by atoms with E-state index in [1.165, 1.54) is 0 Å². The van der Waals surface area contributed by atoms with Crippen LogP contribution in [0.25, 0.3) is 0 Å². The summed E-state index contributed by atoms with van der Waals surface area (Å²) >= 11 is 0. The third-order valence-electron chi connectivity index (χ3n) is 5.37. The maximum Gasteiger partial charge on any atom is 0.238 e. The predicted octanol–water partition coefficient (Wildman–Crippen LogP) is 2.62. The number of benzene rings is 2. The number of anilines is 2. The number of rotatable bonds is 7. The molecule has 0 radical (unpaired) electrons. The topological polar surface area (TPSA) is 63.3 Å². The molecule has 0 saturated carbocycles. The number of hydrogen-bond acceptors (Lipinski definition) is 6. The van der Waals surface area contributed by atoms with Crippen molar-refractivity contribution in [3.05, 3.63) is 48.5 Å². The molecule has 2 aliphatic heterocycles. The zero-order valence-electron chi connectivity index (χ0n) is 17.4. The lowest BCUT2D eigenvalue weighted by Gasteiger charge is -2.30. The van der Waals surface area contributed by atoms with Crippen molar-refractivity contribution in [1.29, 1.82) is 0 Å². The van der Waals surface area contributed by atoms with Gasteiger partial charge in [0.05, 0.1) is 19.8 Å². The number of likely N-dealkylation sites (N-methyl/N-ethyl adjacent to an activating group) is 1. The SMILES string of the molecule is CCN(CC(=O)Nc1ccc(N2CCOCC2)cc1)CC1COc2ccccc2O1. The lowest BCUT2D eigenvalue weighted by atomic mass is 10.2. The minimum absolute atomic E-state index is 0.0342. The van der Waals surface area contributed by atoms with Crippen LogP contribution in [0, 0.1) is 0 Å². The first-order valence-corrected chi connectivity index (χ1v) is 10.5. The van der Waals surface area contributed by atoms with E-state index in [2.05, 4.69) is 15.1 Å². The van der Waals surface area contributed by atoms with Crippen molar-refractivity contribution < 1.29 is 19.0 Å². The summed E-state index contributed by atoms with van der Waals surface area (Å²) in [6.07, 6.45) is -0.0968. The summed E-state index contributed by atoms with van der Waals surface area (Å²) < 4.78 is 17.2. The van der Waals surface area contributed by atoms with Crippen molar-refractivity contribution in [3.63, 3.8) is 0 Å². The molecule has 7 nitrogen and oxygen atoms in total. The molecule has 1 amide bonds. The first kappa shape index (κ1) is 20.5. The van der Waals surface area contributed by atoms with Gasteiger partial charge in [-0.1, -0.05) is 19.1 Å². The molecule has 160 valence electrons. The standard InChI is InChI=1S/C23H29N3O4/c1-2-25(15-20-17-29-21-5-3-4-6-22(21)30-20)16-23(27)24-18-7-9-19(10-8-18)26-11-13-28-14-12-26/h3-10,20H,2,11-17H2,1H3,(H,24,27). The minimum Gasteiger partial charge on any atom is -0.486 e. The van der Waals surface area contributed by atoms with Gasteiger partial charge in [-0.15, -0.1) is 0 Å². The van der Waals surface area contributed by atoms with Gasteiger partial charge in [0.25, 0.3) is 0 Å². The molecule has 0 bridgehead atoms. The number of fused-ring (bicyclic) bond motifs is 1. The number of carbonyl (C=O) groups is 1. The summed E-state index contributed by atoms with van der Waals surface area (Å²) in [5, 5.41) is 2.99. The van der Waals surface area contributed by atoms with Crippen LogP contribution in [0.4, 0.5) is 11.4 Å². The van der Waals surface area contributed by atoms with E-state index < -0.39 is 0 Å². The Kier molecular flexibility index (Phi) is 6.71. The molecule has 0 aliphatic carbocycles. The molecule has 1 fully saturated rings. The highest BCUT2D eigenvalue weighted by Gasteiger charge is 2.23. The Bertz CT molecular complexity index is 837. The van der Waals surface area contributed by atoms with Gasteiger partial charge in [0.15, 0.2) is 11.5 Å². The van der Waals surface area contributed by atoms with Crippen molar-refractivity contribution >= 4 is 17.3 Å². The van der Waals surface area contributed by atoms with Crippen LogP contribution < -0.4 is 19.7 Å². The number of para-hydroxylation sites is 2. The van der Waals surface area contributed by atoms with Gasteiger partial charge < -0.3 is 24.4 Å². The summed E-state index contributed by atoms with van der Waals surface area (Å²) in [5.41, 5.74) is 1.96. The lowest BCUT2D eigenvalue weighted by molar-refractivity contribution is -0.117. The molecular weight excluding hydrogens is 382 g/mol. The van der Waals surface area contributed by atoms with Crippen LogP contribution in [0.15, 0.2) is 48.5 Å². The second-order valence-corrected chi connectivity index (χ2v) is 7.52. The minimum atomic E-state index is -0.0968. The van der Waals surface area contributed by atoms with E-state index in [0.29, 0.717) is 19.7 Å². The molecule has 2 aromatic rings. The number of amides is 1. The number of carbonyl (C=O) groups excluding carboxylic acids is 1. The molecular formula is C23H29N3O4. The number of nitrogens with zero attached hydrogens (tertiary/aromatic N) is 2. The molecule has 4 rings (SSSR count). The Morgan fingerprint density at radius 1 is 1.10 bits per heavy atom. The lowest BCUT2D eigenvalue weighted by Crippen LogP contribution is -2.43. The fourth-order valence-corrected chi connectivity index (χ4v) is 3.73. The summed E-state index contributed by atoms with van der Waals surface area (Å²) in [7, 11) is 0. The van der Waals surface area contributed by atoms with Gasteiger partial charge in [0.2, 0.25) is 5.91 Å². The highest BCUT2D eigenvalue weighted by molar-refractivity contribution is 5.92. The van der Waals surface area contributed by atoms with Gasteiger partial charge in [-0.3, -0.25) is 9.69 Å². The number of ether oxygens (including phenoxy) is 3. The third-order valence-corrected chi connectivity index (χ3v) is 5.37.